The third-order valence-electron chi connectivity index (χ3n) is 3.07. The first kappa shape index (κ1) is 14.1. The SMILES string of the molecule is CCOc1c(NC(=O)C=C(C)C)sc2c1CCCC2. The Kier molecular flexibility index (Phi) is 4.64. The minimum absolute atomic E-state index is 0.0699. The number of thiophene rings is 1. The van der Waals surface area contributed by atoms with E-state index in [0.29, 0.717) is 6.61 Å². The second-order valence-electron chi connectivity index (χ2n) is 5.01. The number of allylic oxidation sites excluding steroid dienone is 1. The van der Waals surface area contributed by atoms with Gasteiger partial charge in [-0.15, -0.1) is 11.3 Å². The molecule has 3 nitrogen and oxygen atoms in total. The average molecular weight is 279 g/mol. The molecule has 1 aromatic rings. The summed E-state index contributed by atoms with van der Waals surface area (Å²) in [6.45, 7) is 6.45. The number of amides is 1. The molecule has 0 saturated carbocycles. The minimum Gasteiger partial charge on any atom is -0.490 e. The molecule has 19 heavy (non-hydrogen) atoms. The third-order valence-corrected chi connectivity index (χ3v) is 4.26. The van der Waals surface area contributed by atoms with E-state index in [0.717, 1.165) is 29.2 Å². The van der Waals surface area contributed by atoms with Gasteiger partial charge in [-0.05, 0) is 46.5 Å². The van der Waals surface area contributed by atoms with Crippen molar-refractivity contribution in [3.63, 3.8) is 0 Å². The maximum absolute atomic E-state index is 11.9. The normalized spacial score (nSPS) is 13.6. The van der Waals surface area contributed by atoms with Crippen molar-refractivity contribution in [2.45, 2.75) is 46.5 Å². The number of ether oxygens (including phenoxy) is 1. The average Bonchev–Trinajstić information content (AvgIpc) is 2.67. The van der Waals surface area contributed by atoms with Gasteiger partial charge >= 0.3 is 0 Å². The number of hydrogen-bond donors (Lipinski definition) is 1. The van der Waals surface area contributed by atoms with Gasteiger partial charge in [0.1, 0.15) is 5.00 Å². The highest BCUT2D eigenvalue weighted by molar-refractivity contribution is 7.17. The summed E-state index contributed by atoms with van der Waals surface area (Å²) in [7, 11) is 0. The van der Waals surface area contributed by atoms with E-state index in [2.05, 4.69) is 5.32 Å². The molecule has 104 valence electrons. The molecular weight excluding hydrogens is 258 g/mol. The van der Waals surface area contributed by atoms with E-state index in [1.165, 1.54) is 23.3 Å². The molecule has 0 unspecified atom stereocenters. The van der Waals surface area contributed by atoms with E-state index in [9.17, 15) is 4.79 Å². The Hall–Kier alpha value is -1.29. The zero-order chi connectivity index (χ0) is 13.8. The van der Waals surface area contributed by atoms with Crippen LogP contribution in [0.4, 0.5) is 5.00 Å². The van der Waals surface area contributed by atoms with Crippen molar-refractivity contribution in [1.29, 1.82) is 0 Å². The van der Waals surface area contributed by atoms with Crippen LogP contribution in [0.3, 0.4) is 0 Å². The lowest BCUT2D eigenvalue weighted by Gasteiger charge is -2.12. The molecule has 1 aliphatic rings. The molecule has 0 radical (unpaired) electrons. The summed E-state index contributed by atoms with van der Waals surface area (Å²) >= 11 is 1.67. The van der Waals surface area contributed by atoms with Crippen LogP contribution in [-0.2, 0) is 17.6 Å². The molecule has 1 N–H and O–H groups in total. The van der Waals surface area contributed by atoms with Gasteiger partial charge in [0, 0.05) is 16.5 Å². The molecular formula is C15H21NO2S. The standard InChI is InChI=1S/C15H21NO2S/c1-4-18-14-11-7-5-6-8-12(11)19-15(14)16-13(17)9-10(2)3/h9H,4-8H2,1-3H3,(H,16,17). The fraction of sp³-hybridized carbons (Fsp3) is 0.533. The van der Waals surface area contributed by atoms with Crippen molar-refractivity contribution >= 4 is 22.2 Å². The van der Waals surface area contributed by atoms with Crippen molar-refractivity contribution in [2.24, 2.45) is 0 Å². The fourth-order valence-electron chi connectivity index (χ4n) is 2.33. The molecule has 0 saturated heterocycles. The Morgan fingerprint density at radius 3 is 2.79 bits per heavy atom. The molecule has 0 aliphatic heterocycles. The van der Waals surface area contributed by atoms with Crippen molar-refractivity contribution in [3.8, 4) is 5.75 Å². The quantitative estimate of drug-likeness (QED) is 0.848. The maximum atomic E-state index is 11.9. The molecule has 0 bridgehead atoms. The monoisotopic (exact) mass is 279 g/mol. The Morgan fingerprint density at radius 2 is 2.11 bits per heavy atom. The van der Waals surface area contributed by atoms with Crippen LogP contribution in [0.5, 0.6) is 5.75 Å². The molecule has 0 atom stereocenters. The lowest BCUT2D eigenvalue weighted by Crippen LogP contribution is -2.09. The summed E-state index contributed by atoms with van der Waals surface area (Å²) in [5.41, 5.74) is 2.31. The van der Waals surface area contributed by atoms with Gasteiger partial charge in [-0.2, -0.15) is 0 Å². The van der Waals surface area contributed by atoms with Crippen LogP contribution in [0.1, 0.15) is 44.1 Å². The van der Waals surface area contributed by atoms with Crippen LogP contribution in [0.15, 0.2) is 11.6 Å². The molecule has 1 amide bonds. The lowest BCUT2D eigenvalue weighted by molar-refractivity contribution is -0.111. The van der Waals surface area contributed by atoms with E-state index in [1.54, 1.807) is 17.4 Å². The molecule has 0 aromatic carbocycles. The highest BCUT2D eigenvalue weighted by Gasteiger charge is 2.22. The molecule has 1 heterocycles. The zero-order valence-electron chi connectivity index (χ0n) is 11.8. The highest BCUT2D eigenvalue weighted by atomic mass is 32.1. The van der Waals surface area contributed by atoms with Crippen molar-refractivity contribution < 1.29 is 9.53 Å². The maximum Gasteiger partial charge on any atom is 0.248 e. The Morgan fingerprint density at radius 1 is 1.37 bits per heavy atom. The van der Waals surface area contributed by atoms with Gasteiger partial charge in [0.05, 0.1) is 6.61 Å². The van der Waals surface area contributed by atoms with E-state index >= 15 is 0 Å². The summed E-state index contributed by atoms with van der Waals surface area (Å²) in [6.07, 6.45) is 6.25. The first-order chi connectivity index (χ1) is 9.11. The third kappa shape index (κ3) is 3.38. The first-order valence-corrected chi connectivity index (χ1v) is 7.66. The largest absolute Gasteiger partial charge is 0.490 e. The van der Waals surface area contributed by atoms with Crippen LogP contribution in [-0.4, -0.2) is 12.5 Å². The van der Waals surface area contributed by atoms with Crippen LogP contribution in [0.2, 0.25) is 0 Å². The van der Waals surface area contributed by atoms with Crippen LogP contribution in [0.25, 0.3) is 0 Å². The van der Waals surface area contributed by atoms with Gasteiger partial charge in [0.25, 0.3) is 0 Å². The summed E-state index contributed by atoms with van der Waals surface area (Å²) < 4.78 is 5.76. The minimum atomic E-state index is -0.0699. The molecule has 0 spiro atoms. The van der Waals surface area contributed by atoms with E-state index in [1.807, 2.05) is 20.8 Å². The number of anilines is 1. The Labute approximate surface area is 118 Å². The first-order valence-electron chi connectivity index (χ1n) is 6.85. The summed E-state index contributed by atoms with van der Waals surface area (Å²) in [5.74, 6) is 0.831. The van der Waals surface area contributed by atoms with Gasteiger partial charge in [0.15, 0.2) is 5.75 Å². The zero-order valence-corrected chi connectivity index (χ0v) is 12.7. The van der Waals surface area contributed by atoms with Gasteiger partial charge < -0.3 is 10.1 Å². The van der Waals surface area contributed by atoms with Crippen LogP contribution >= 0.6 is 11.3 Å². The Bertz CT molecular complexity index is 498. The van der Waals surface area contributed by atoms with E-state index < -0.39 is 0 Å². The second kappa shape index (κ2) is 6.24. The summed E-state index contributed by atoms with van der Waals surface area (Å²) in [5, 5.41) is 3.83. The number of hydrogen-bond acceptors (Lipinski definition) is 3. The van der Waals surface area contributed by atoms with Crippen LogP contribution < -0.4 is 10.1 Å². The molecule has 1 aliphatic carbocycles. The van der Waals surface area contributed by atoms with Gasteiger partial charge in [-0.3, -0.25) is 4.79 Å². The number of aryl methyl sites for hydroxylation is 1. The number of carbonyl (C=O) groups is 1. The van der Waals surface area contributed by atoms with Crippen LogP contribution in [0, 0.1) is 0 Å². The number of nitrogens with one attached hydrogen (secondary N) is 1. The predicted octanol–water partition coefficient (Wildman–Crippen LogP) is 3.93. The van der Waals surface area contributed by atoms with Crippen molar-refractivity contribution in [1.82, 2.24) is 0 Å². The Balaban J connectivity index is 2.26. The van der Waals surface area contributed by atoms with Gasteiger partial charge in [0.2, 0.25) is 5.91 Å². The summed E-state index contributed by atoms with van der Waals surface area (Å²) in [6, 6.07) is 0. The van der Waals surface area contributed by atoms with E-state index in [4.69, 9.17) is 4.74 Å². The molecule has 4 heteroatoms. The molecule has 1 aromatic heterocycles. The predicted molar refractivity (Wildman–Crippen MR) is 80.2 cm³/mol. The second-order valence-corrected chi connectivity index (χ2v) is 6.12. The van der Waals surface area contributed by atoms with Gasteiger partial charge in [-0.1, -0.05) is 5.57 Å². The van der Waals surface area contributed by atoms with E-state index in [-0.39, 0.29) is 5.91 Å². The number of fused-ring (bicyclic) bond motifs is 1. The smallest absolute Gasteiger partial charge is 0.248 e. The molecule has 2 rings (SSSR count). The summed E-state index contributed by atoms with van der Waals surface area (Å²) in [4.78, 5) is 13.2. The van der Waals surface area contributed by atoms with Crippen molar-refractivity contribution in [3.05, 3.63) is 22.1 Å². The lowest BCUT2D eigenvalue weighted by atomic mass is 9.99. The van der Waals surface area contributed by atoms with Crippen molar-refractivity contribution in [2.75, 3.05) is 11.9 Å². The highest BCUT2D eigenvalue weighted by Crippen LogP contribution is 2.43. The molecule has 0 fully saturated rings. The fourth-order valence-corrected chi connectivity index (χ4v) is 3.56. The number of rotatable bonds is 4. The number of carbonyl (C=O) groups excluding carboxylic acids is 1. The topological polar surface area (TPSA) is 38.3 Å². The van der Waals surface area contributed by atoms with Gasteiger partial charge in [-0.25, -0.2) is 0 Å².